The van der Waals surface area contributed by atoms with E-state index in [0.717, 1.165) is 50.8 Å². The lowest BCUT2D eigenvalue weighted by Crippen LogP contribution is -2.23. The molecule has 0 aliphatic heterocycles. The van der Waals surface area contributed by atoms with Crippen molar-refractivity contribution in [1.29, 1.82) is 0 Å². The maximum absolute atomic E-state index is 12.8. The molecule has 0 unspecified atom stereocenters. The van der Waals surface area contributed by atoms with E-state index in [4.69, 9.17) is 4.98 Å². The summed E-state index contributed by atoms with van der Waals surface area (Å²) in [7, 11) is 0. The normalized spacial score (nSPS) is 17.4. The molecule has 9 nitrogen and oxygen atoms in total. The van der Waals surface area contributed by atoms with Gasteiger partial charge in [-0.2, -0.15) is 5.10 Å². The molecule has 0 spiro atoms. The van der Waals surface area contributed by atoms with Crippen LogP contribution in [0.15, 0.2) is 49.1 Å². The van der Waals surface area contributed by atoms with E-state index in [1.165, 1.54) is 11.3 Å². The number of nitrogens with one attached hydrogen (secondary N) is 1. The molecule has 3 aromatic heterocycles. The summed E-state index contributed by atoms with van der Waals surface area (Å²) in [6, 6.07) is 8.29. The highest BCUT2D eigenvalue weighted by Gasteiger charge is 2.27. The molecular weight excluding hydrogens is 536 g/mol. The fourth-order valence-electron chi connectivity index (χ4n) is 5.16. The number of carbonyl (C=O) groups excluding carboxylic acids is 1. The minimum atomic E-state index is -0.704. The van der Waals surface area contributed by atoms with Gasteiger partial charge in [0.25, 0.3) is 0 Å². The first-order valence-electron chi connectivity index (χ1n) is 14.0. The molecule has 0 atom stereocenters. The Bertz CT molecular complexity index is 1550. The monoisotopic (exact) mass is 572 g/mol. The average Bonchev–Trinajstić information content (AvgIpc) is 3.63. The van der Waals surface area contributed by atoms with Gasteiger partial charge in [0, 0.05) is 36.0 Å². The molecule has 1 aliphatic carbocycles. The van der Waals surface area contributed by atoms with E-state index in [1.807, 2.05) is 23.0 Å². The minimum Gasteiger partial charge on any atom is -0.481 e. The fourth-order valence-corrected chi connectivity index (χ4v) is 6.10. The smallest absolute Gasteiger partial charge is 0.306 e. The number of Topliss-reactive ketones (excluding diaryl/α,β-unsaturated/α-hetero) is 1. The Morgan fingerprint density at radius 2 is 1.88 bits per heavy atom. The zero-order chi connectivity index (χ0) is 29.1. The molecule has 0 bridgehead atoms. The number of thiazole rings is 1. The van der Waals surface area contributed by atoms with Crippen molar-refractivity contribution in [3.8, 4) is 11.3 Å². The molecule has 0 radical (unpaired) electrons. The maximum atomic E-state index is 12.8. The molecule has 2 N–H and O–H groups in total. The Hall–Kier alpha value is -3.92. The number of benzene rings is 1. The second kappa shape index (κ2) is 11.9. The molecule has 5 rings (SSSR count). The SMILES string of the molecule is Cc1cc(-c2ccnc(Nc3cnn(C4CCC(C(=O)O)CC4)c3)n2)ccc1CCC(=O)c1cnc(C(C)(C)C)s1. The summed E-state index contributed by atoms with van der Waals surface area (Å²) >= 11 is 1.49. The number of aliphatic carboxylic acids is 1. The molecule has 1 aromatic carbocycles. The van der Waals surface area contributed by atoms with Gasteiger partial charge in [-0.3, -0.25) is 14.3 Å². The molecule has 1 saturated carbocycles. The van der Waals surface area contributed by atoms with Gasteiger partial charge in [-0.1, -0.05) is 32.9 Å². The number of rotatable bonds is 9. The molecule has 0 saturated heterocycles. The van der Waals surface area contributed by atoms with Crippen molar-refractivity contribution in [3.05, 3.63) is 70.1 Å². The van der Waals surface area contributed by atoms with E-state index in [-0.39, 0.29) is 23.2 Å². The average molecular weight is 573 g/mol. The minimum absolute atomic E-state index is 0.0574. The summed E-state index contributed by atoms with van der Waals surface area (Å²) in [6.07, 6.45) is 11.2. The number of hydrogen-bond donors (Lipinski definition) is 2. The first-order chi connectivity index (χ1) is 19.6. The number of ketones is 1. The predicted molar refractivity (Wildman–Crippen MR) is 160 cm³/mol. The van der Waals surface area contributed by atoms with Crippen LogP contribution in [0.25, 0.3) is 11.3 Å². The van der Waals surface area contributed by atoms with Gasteiger partial charge in [0.1, 0.15) is 0 Å². The van der Waals surface area contributed by atoms with E-state index in [1.54, 1.807) is 18.6 Å². The van der Waals surface area contributed by atoms with Crippen molar-refractivity contribution >= 4 is 34.7 Å². The number of carbonyl (C=O) groups is 2. The summed E-state index contributed by atoms with van der Waals surface area (Å²) in [5, 5.41) is 18.0. The zero-order valence-corrected chi connectivity index (χ0v) is 24.7. The summed E-state index contributed by atoms with van der Waals surface area (Å²) in [5.41, 5.74) is 4.76. The second-order valence-corrected chi connectivity index (χ2v) is 12.8. The number of carboxylic acid groups (broad SMARTS) is 1. The van der Waals surface area contributed by atoms with E-state index in [0.29, 0.717) is 31.6 Å². The van der Waals surface area contributed by atoms with Gasteiger partial charge in [-0.25, -0.2) is 15.0 Å². The zero-order valence-electron chi connectivity index (χ0n) is 23.9. The van der Waals surface area contributed by atoms with Crippen LogP contribution in [-0.2, 0) is 16.6 Å². The van der Waals surface area contributed by atoms with Crippen molar-refractivity contribution in [2.75, 3.05) is 5.32 Å². The lowest BCUT2D eigenvalue weighted by atomic mass is 9.86. The van der Waals surface area contributed by atoms with E-state index in [9.17, 15) is 14.7 Å². The molecule has 10 heteroatoms. The third kappa shape index (κ3) is 6.87. The van der Waals surface area contributed by atoms with Crippen LogP contribution < -0.4 is 5.32 Å². The first-order valence-corrected chi connectivity index (χ1v) is 14.8. The van der Waals surface area contributed by atoms with Gasteiger partial charge in [0.05, 0.1) is 39.4 Å². The number of nitrogens with zero attached hydrogens (tertiary/aromatic N) is 5. The van der Waals surface area contributed by atoms with Crippen LogP contribution in [-0.4, -0.2) is 41.6 Å². The third-order valence-corrected chi connectivity index (χ3v) is 9.08. The Kier molecular flexibility index (Phi) is 8.30. The van der Waals surface area contributed by atoms with Gasteiger partial charge in [-0.05, 0) is 62.3 Å². The topological polar surface area (TPSA) is 123 Å². The van der Waals surface area contributed by atoms with Gasteiger partial charge in [-0.15, -0.1) is 11.3 Å². The van der Waals surface area contributed by atoms with Crippen LogP contribution in [0.1, 0.15) is 84.7 Å². The van der Waals surface area contributed by atoms with Crippen LogP contribution in [0, 0.1) is 12.8 Å². The number of aromatic nitrogens is 5. The molecule has 4 aromatic rings. The van der Waals surface area contributed by atoms with Crippen molar-refractivity contribution in [1.82, 2.24) is 24.7 Å². The van der Waals surface area contributed by atoms with Crippen molar-refractivity contribution in [3.63, 3.8) is 0 Å². The molecule has 214 valence electrons. The summed E-state index contributed by atoms with van der Waals surface area (Å²) < 4.78 is 1.91. The van der Waals surface area contributed by atoms with Crippen LogP contribution >= 0.6 is 11.3 Å². The van der Waals surface area contributed by atoms with Crippen molar-refractivity contribution < 1.29 is 14.7 Å². The Morgan fingerprint density at radius 3 is 2.56 bits per heavy atom. The Labute approximate surface area is 244 Å². The lowest BCUT2D eigenvalue weighted by Gasteiger charge is -2.26. The Morgan fingerprint density at radius 1 is 1.10 bits per heavy atom. The largest absolute Gasteiger partial charge is 0.481 e. The lowest BCUT2D eigenvalue weighted by molar-refractivity contribution is -0.143. The van der Waals surface area contributed by atoms with Crippen LogP contribution in [0.2, 0.25) is 0 Å². The Balaban J connectivity index is 1.20. The van der Waals surface area contributed by atoms with Gasteiger partial charge in [0.2, 0.25) is 5.95 Å². The fraction of sp³-hybridized carbons (Fsp3) is 0.419. The van der Waals surface area contributed by atoms with E-state index < -0.39 is 5.97 Å². The summed E-state index contributed by atoms with van der Waals surface area (Å²) in [6.45, 7) is 8.38. The first kappa shape index (κ1) is 28.6. The van der Waals surface area contributed by atoms with Gasteiger partial charge in [0.15, 0.2) is 5.78 Å². The van der Waals surface area contributed by atoms with Gasteiger partial charge < -0.3 is 10.4 Å². The highest BCUT2D eigenvalue weighted by atomic mass is 32.1. The highest BCUT2D eigenvalue weighted by Crippen LogP contribution is 2.33. The number of anilines is 2. The van der Waals surface area contributed by atoms with E-state index in [2.05, 4.69) is 60.2 Å². The molecule has 0 amide bonds. The highest BCUT2D eigenvalue weighted by molar-refractivity contribution is 7.13. The van der Waals surface area contributed by atoms with Crippen molar-refractivity contribution in [2.24, 2.45) is 5.92 Å². The number of carboxylic acids is 1. The quantitative estimate of drug-likeness (QED) is 0.211. The molecule has 3 heterocycles. The van der Waals surface area contributed by atoms with Gasteiger partial charge >= 0.3 is 5.97 Å². The molecule has 1 aliphatic rings. The molecule has 41 heavy (non-hydrogen) atoms. The standard InChI is InChI=1S/C31H36N6O3S/c1-19-15-22(6-5-20(19)9-12-26(38)27-17-33-29(41-27)31(2,3)4)25-13-14-32-30(36-25)35-23-16-34-37(18-23)24-10-7-21(8-11-24)28(39)40/h5-6,13-18,21,24H,7-12H2,1-4H3,(H,39,40)(H,32,35,36). The number of aryl methyl sites for hydroxylation is 2. The molecular formula is C31H36N6O3S. The van der Waals surface area contributed by atoms with Crippen LogP contribution in [0.3, 0.4) is 0 Å². The second-order valence-electron chi connectivity index (χ2n) is 11.8. The van der Waals surface area contributed by atoms with Crippen molar-refractivity contribution in [2.45, 2.75) is 77.7 Å². The maximum Gasteiger partial charge on any atom is 0.306 e. The predicted octanol–water partition coefficient (Wildman–Crippen LogP) is 6.78. The van der Waals surface area contributed by atoms with Crippen LogP contribution in [0.5, 0.6) is 0 Å². The van der Waals surface area contributed by atoms with Crippen LogP contribution in [0.4, 0.5) is 11.6 Å². The molecule has 1 fully saturated rings. The van der Waals surface area contributed by atoms with E-state index >= 15 is 0 Å². The third-order valence-electron chi connectivity index (χ3n) is 7.62. The number of hydrogen-bond acceptors (Lipinski definition) is 8. The summed E-state index contributed by atoms with van der Waals surface area (Å²) in [4.78, 5) is 38.3. The summed E-state index contributed by atoms with van der Waals surface area (Å²) in [5.74, 6) is -0.348.